The van der Waals surface area contributed by atoms with Crippen LogP contribution >= 0.6 is 0 Å². The van der Waals surface area contributed by atoms with Crippen molar-refractivity contribution in [2.45, 2.75) is 19.3 Å². The van der Waals surface area contributed by atoms with Crippen LogP contribution in [0.2, 0.25) is 0 Å². The molecule has 15 aromatic rings. The normalized spacial score (nSPS) is 12.6. The molecule has 0 atom stereocenters. The van der Waals surface area contributed by atoms with Gasteiger partial charge in [0.25, 0.3) is 0 Å². The molecule has 1 aliphatic carbocycles. The first-order chi connectivity index (χ1) is 41.8. The van der Waals surface area contributed by atoms with E-state index in [0.717, 1.165) is 22.6 Å². The molecular weight excluding hydrogens is 1030 g/mol. The molecule has 0 bridgehead atoms. The summed E-state index contributed by atoms with van der Waals surface area (Å²) in [5.41, 5.74) is 22.1. The van der Waals surface area contributed by atoms with E-state index in [9.17, 15) is 0 Å². The lowest BCUT2D eigenvalue weighted by molar-refractivity contribution is 0.415. The Morgan fingerprint density at radius 1 is 0.212 bits per heavy atom. The van der Waals surface area contributed by atoms with Gasteiger partial charge in [-0.2, -0.15) is 0 Å². The molecular formula is C83H58O2. The third kappa shape index (κ3) is 7.93. The van der Waals surface area contributed by atoms with Crippen molar-refractivity contribution in [2.24, 2.45) is 0 Å². The minimum atomic E-state index is -0.283. The van der Waals surface area contributed by atoms with E-state index in [1.807, 2.05) is 24.3 Å². The van der Waals surface area contributed by atoms with Crippen LogP contribution in [0.25, 0.3) is 154 Å². The first kappa shape index (κ1) is 50.2. The predicted octanol–water partition coefficient (Wildman–Crippen LogP) is 22.6. The van der Waals surface area contributed by atoms with Crippen molar-refractivity contribution >= 4 is 64.6 Å². The molecule has 0 amide bonds. The maximum absolute atomic E-state index is 5.46. The van der Waals surface area contributed by atoms with Crippen molar-refractivity contribution in [3.05, 3.63) is 290 Å². The molecule has 2 nitrogen and oxygen atoms in total. The van der Waals surface area contributed by atoms with Gasteiger partial charge in [0.05, 0.1) is 14.2 Å². The van der Waals surface area contributed by atoms with Gasteiger partial charge in [0.15, 0.2) is 0 Å². The van der Waals surface area contributed by atoms with Gasteiger partial charge >= 0.3 is 0 Å². The molecule has 0 N–H and O–H groups in total. The van der Waals surface area contributed by atoms with E-state index in [2.05, 4.69) is 269 Å². The smallest absolute Gasteiger partial charge is 0.118 e. The van der Waals surface area contributed by atoms with Crippen molar-refractivity contribution < 1.29 is 9.47 Å². The zero-order chi connectivity index (χ0) is 56.9. The van der Waals surface area contributed by atoms with E-state index >= 15 is 0 Å². The number of ether oxygens (including phenoxy) is 2. The highest BCUT2D eigenvalue weighted by Gasteiger charge is 2.37. The molecule has 85 heavy (non-hydrogen) atoms. The molecule has 15 aromatic carbocycles. The lowest BCUT2D eigenvalue weighted by Gasteiger charge is -2.24. The van der Waals surface area contributed by atoms with E-state index in [4.69, 9.17) is 9.47 Å². The Labute approximate surface area is 495 Å². The van der Waals surface area contributed by atoms with Gasteiger partial charge in [-0.25, -0.2) is 0 Å². The molecule has 0 aromatic heterocycles. The van der Waals surface area contributed by atoms with E-state index in [1.165, 1.54) is 154 Å². The second-order valence-corrected chi connectivity index (χ2v) is 23.3. The van der Waals surface area contributed by atoms with Gasteiger partial charge in [-0.05, 0) is 201 Å². The molecule has 0 fully saturated rings. The van der Waals surface area contributed by atoms with Crippen LogP contribution in [0.5, 0.6) is 11.5 Å². The molecule has 16 rings (SSSR count). The van der Waals surface area contributed by atoms with E-state index in [1.54, 1.807) is 14.2 Å². The van der Waals surface area contributed by atoms with Crippen molar-refractivity contribution in [1.29, 1.82) is 0 Å². The summed E-state index contributed by atoms with van der Waals surface area (Å²) in [6.07, 6.45) is 0. The fourth-order valence-electron chi connectivity index (χ4n) is 14.4. The maximum Gasteiger partial charge on any atom is 0.118 e. The van der Waals surface area contributed by atoms with Gasteiger partial charge in [0, 0.05) is 5.41 Å². The monoisotopic (exact) mass is 1090 g/mol. The molecule has 0 saturated heterocycles. The van der Waals surface area contributed by atoms with Gasteiger partial charge in [0.1, 0.15) is 11.5 Å². The van der Waals surface area contributed by atoms with Gasteiger partial charge in [-0.1, -0.05) is 257 Å². The predicted molar refractivity (Wildman–Crippen MR) is 360 cm³/mol. The second kappa shape index (κ2) is 19.8. The van der Waals surface area contributed by atoms with Gasteiger partial charge in [0.2, 0.25) is 0 Å². The number of fused-ring (bicyclic) bond motifs is 9. The SMILES string of the molecule is COc1ccc(-c2ccc(-c3c4ccccc4c(-c4ccc5c(c4)C(C)(C)c4cc(-c6c7ccccc7c(-c7c8ccccc8c(-c8ccc(-c9ccc(OC)cc9)cc8)c8ccccc78)c7ccccc67)ccc4-5)c4ccccc34)cc2)cc1. The largest absolute Gasteiger partial charge is 0.497 e. The Bertz CT molecular complexity index is 5010. The van der Waals surface area contributed by atoms with Gasteiger partial charge in [-0.3, -0.25) is 0 Å². The Balaban J connectivity index is 0.815. The minimum Gasteiger partial charge on any atom is -0.497 e. The number of hydrogen-bond acceptors (Lipinski definition) is 2. The number of methoxy groups -OCH3 is 2. The number of hydrogen-bond donors (Lipinski definition) is 0. The summed E-state index contributed by atoms with van der Waals surface area (Å²) < 4.78 is 10.9. The summed E-state index contributed by atoms with van der Waals surface area (Å²) in [4.78, 5) is 0. The fourth-order valence-corrected chi connectivity index (χ4v) is 14.4. The molecule has 0 heterocycles. The van der Waals surface area contributed by atoms with Crippen molar-refractivity contribution in [2.75, 3.05) is 14.2 Å². The van der Waals surface area contributed by atoms with Crippen LogP contribution in [0.4, 0.5) is 0 Å². The van der Waals surface area contributed by atoms with Crippen molar-refractivity contribution in [1.82, 2.24) is 0 Å². The van der Waals surface area contributed by atoms with E-state index in [0.29, 0.717) is 0 Å². The molecule has 2 heteroatoms. The average molecular weight is 1090 g/mol. The lowest BCUT2D eigenvalue weighted by Crippen LogP contribution is -2.15. The minimum absolute atomic E-state index is 0.283. The summed E-state index contributed by atoms with van der Waals surface area (Å²) in [6.45, 7) is 4.85. The van der Waals surface area contributed by atoms with Gasteiger partial charge < -0.3 is 9.47 Å². The standard InChI is InChI=1S/C83H58O2/c1-83(2)75-49-57(79-65-19-7-5-17-63(65)77(64-18-6-8-20-66(64)79)55-33-29-51(30-34-55)53-37-43-59(84-3)44-38-53)41-47-61(75)62-48-42-58(50-76(62)83)80-69-23-11-15-27-73(69)82(74-28-16-12-24-70(74)80)81-71-25-13-9-21-67(71)78(68-22-10-14-26-72(68)81)56-35-31-52(32-36-56)54-39-45-60(85-4)46-40-54/h5-50H,1-4H3. The lowest BCUT2D eigenvalue weighted by atomic mass is 9.78. The number of benzene rings is 15. The number of rotatable bonds is 9. The fraction of sp³-hybridized carbons (Fsp3) is 0.0602. The topological polar surface area (TPSA) is 18.5 Å². The highest BCUT2D eigenvalue weighted by atomic mass is 16.5. The molecule has 0 unspecified atom stereocenters. The third-order valence-corrected chi connectivity index (χ3v) is 18.5. The Morgan fingerprint density at radius 3 is 0.659 bits per heavy atom. The van der Waals surface area contributed by atoms with Crippen molar-refractivity contribution in [3.8, 4) is 101 Å². The first-order valence-electron chi connectivity index (χ1n) is 29.5. The molecule has 0 spiro atoms. The van der Waals surface area contributed by atoms with E-state index < -0.39 is 0 Å². The second-order valence-electron chi connectivity index (χ2n) is 23.3. The Kier molecular flexibility index (Phi) is 11.7. The van der Waals surface area contributed by atoms with Crippen LogP contribution in [-0.4, -0.2) is 14.2 Å². The highest BCUT2D eigenvalue weighted by molar-refractivity contribution is 6.30. The average Bonchev–Trinajstić information content (AvgIpc) is 1.73. The Morgan fingerprint density at radius 2 is 0.412 bits per heavy atom. The van der Waals surface area contributed by atoms with Crippen LogP contribution in [0.3, 0.4) is 0 Å². The summed E-state index contributed by atoms with van der Waals surface area (Å²) in [5, 5.41) is 14.9. The molecule has 402 valence electrons. The third-order valence-electron chi connectivity index (χ3n) is 18.5. The van der Waals surface area contributed by atoms with Gasteiger partial charge in [-0.15, -0.1) is 0 Å². The quantitative estimate of drug-likeness (QED) is 0.134. The summed E-state index contributed by atoms with van der Waals surface area (Å²) in [6, 6.07) is 104. The zero-order valence-corrected chi connectivity index (χ0v) is 47.9. The van der Waals surface area contributed by atoms with Crippen LogP contribution < -0.4 is 9.47 Å². The van der Waals surface area contributed by atoms with Crippen LogP contribution in [0.1, 0.15) is 25.0 Å². The Hall–Kier alpha value is -10.5. The molecule has 1 aliphatic rings. The maximum atomic E-state index is 5.46. The molecule has 0 radical (unpaired) electrons. The zero-order valence-electron chi connectivity index (χ0n) is 47.9. The molecule has 0 aliphatic heterocycles. The highest BCUT2D eigenvalue weighted by Crippen LogP contribution is 2.55. The summed E-state index contributed by atoms with van der Waals surface area (Å²) >= 11 is 0. The van der Waals surface area contributed by atoms with E-state index in [-0.39, 0.29) is 5.41 Å². The molecule has 0 saturated carbocycles. The first-order valence-corrected chi connectivity index (χ1v) is 29.5. The van der Waals surface area contributed by atoms with Crippen molar-refractivity contribution in [3.63, 3.8) is 0 Å². The summed E-state index contributed by atoms with van der Waals surface area (Å²) in [5.74, 6) is 1.71. The van der Waals surface area contributed by atoms with Crippen LogP contribution in [-0.2, 0) is 5.41 Å². The summed E-state index contributed by atoms with van der Waals surface area (Å²) in [7, 11) is 3.42. The van der Waals surface area contributed by atoms with Crippen LogP contribution in [0.15, 0.2) is 279 Å². The van der Waals surface area contributed by atoms with Crippen LogP contribution in [0, 0.1) is 0 Å².